The third kappa shape index (κ3) is 7.86. The van der Waals surface area contributed by atoms with Crippen LogP contribution in [0.15, 0.2) is 106 Å². The number of carbonyl (C=O) groups excluding carboxylic acids is 2. The maximum absolute atomic E-state index is 14.5. The van der Waals surface area contributed by atoms with Crippen LogP contribution < -0.4 is 14.4 Å². The highest BCUT2D eigenvalue weighted by Gasteiger charge is 2.35. The Morgan fingerprint density at radius 1 is 0.864 bits per heavy atom. The Morgan fingerprint density at radius 2 is 1.50 bits per heavy atom. The summed E-state index contributed by atoms with van der Waals surface area (Å²) >= 11 is 3.44. The Hall–Kier alpha value is -4.15. The van der Waals surface area contributed by atoms with Crippen molar-refractivity contribution in [2.45, 2.75) is 37.8 Å². The van der Waals surface area contributed by atoms with Crippen LogP contribution in [0.4, 0.5) is 5.69 Å². The second kappa shape index (κ2) is 14.5. The van der Waals surface area contributed by atoms with Gasteiger partial charge in [0.05, 0.1) is 17.7 Å². The minimum absolute atomic E-state index is 0.0334. The summed E-state index contributed by atoms with van der Waals surface area (Å²) in [4.78, 5) is 29.3. The maximum atomic E-state index is 14.5. The molecule has 4 aromatic rings. The lowest BCUT2D eigenvalue weighted by molar-refractivity contribution is -0.139. The molecule has 2 amide bonds. The first kappa shape index (κ1) is 32.8. The molecule has 230 valence electrons. The summed E-state index contributed by atoms with van der Waals surface area (Å²) in [5.41, 5.74) is 3.56. The lowest BCUT2D eigenvalue weighted by Gasteiger charge is -2.34. The van der Waals surface area contributed by atoms with Gasteiger partial charge in [0, 0.05) is 24.5 Å². The molecule has 0 unspecified atom stereocenters. The fourth-order valence-electron chi connectivity index (χ4n) is 4.85. The number of hydrogen-bond donors (Lipinski definition) is 1. The predicted molar refractivity (Wildman–Crippen MR) is 176 cm³/mol. The van der Waals surface area contributed by atoms with Crippen LogP contribution in [0.3, 0.4) is 0 Å². The zero-order valence-corrected chi connectivity index (χ0v) is 27.6. The fraction of sp³-hybridized carbons (Fsp3) is 0.235. The summed E-state index contributed by atoms with van der Waals surface area (Å²) in [6, 6.07) is 27.6. The van der Waals surface area contributed by atoms with E-state index in [1.807, 2.05) is 74.5 Å². The number of methoxy groups -OCH3 is 1. The van der Waals surface area contributed by atoms with Crippen molar-refractivity contribution in [3.05, 3.63) is 124 Å². The van der Waals surface area contributed by atoms with E-state index in [9.17, 15) is 18.0 Å². The molecular weight excluding hydrogens is 642 g/mol. The molecule has 0 heterocycles. The zero-order chi connectivity index (χ0) is 31.9. The molecule has 44 heavy (non-hydrogen) atoms. The van der Waals surface area contributed by atoms with E-state index >= 15 is 0 Å². The number of anilines is 1. The lowest BCUT2D eigenvalue weighted by atomic mass is 10.0. The van der Waals surface area contributed by atoms with Gasteiger partial charge in [-0.1, -0.05) is 82.2 Å². The number of amides is 2. The van der Waals surface area contributed by atoms with E-state index in [2.05, 4.69) is 21.2 Å². The number of halogens is 1. The molecule has 0 saturated carbocycles. The molecule has 0 aliphatic heterocycles. The molecule has 4 aromatic carbocycles. The molecule has 0 bridgehead atoms. The van der Waals surface area contributed by atoms with E-state index < -0.39 is 28.5 Å². The molecular formula is C34H36BrN3O5S. The second-order valence-corrected chi connectivity index (χ2v) is 13.2. The molecule has 4 rings (SSSR count). The highest BCUT2D eigenvalue weighted by Crippen LogP contribution is 2.34. The number of hydrogen-bond acceptors (Lipinski definition) is 5. The molecule has 0 fully saturated rings. The Balaban J connectivity index is 1.83. The Labute approximate surface area is 267 Å². The van der Waals surface area contributed by atoms with Crippen LogP contribution in [0.1, 0.15) is 22.3 Å². The smallest absolute Gasteiger partial charge is 0.264 e. The third-order valence-corrected chi connectivity index (χ3v) is 9.58. The molecule has 0 aliphatic carbocycles. The predicted octanol–water partition coefficient (Wildman–Crippen LogP) is 5.66. The molecule has 0 radical (unpaired) electrons. The van der Waals surface area contributed by atoms with E-state index in [0.29, 0.717) is 5.75 Å². The van der Waals surface area contributed by atoms with Gasteiger partial charge in [0.15, 0.2) is 0 Å². The summed E-state index contributed by atoms with van der Waals surface area (Å²) in [6.07, 6.45) is 0.237. The van der Waals surface area contributed by atoms with Gasteiger partial charge >= 0.3 is 0 Å². The van der Waals surface area contributed by atoms with Gasteiger partial charge in [0.25, 0.3) is 10.0 Å². The topological polar surface area (TPSA) is 96.0 Å². The minimum Gasteiger partial charge on any atom is -0.495 e. The first-order valence-corrected chi connectivity index (χ1v) is 16.3. The van der Waals surface area contributed by atoms with Gasteiger partial charge < -0.3 is 15.0 Å². The average Bonchev–Trinajstić information content (AvgIpc) is 3.02. The summed E-state index contributed by atoms with van der Waals surface area (Å²) < 4.78 is 36.0. The van der Waals surface area contributed by atoms with E-state index in [4.69, 9.17) is 4.74 Å². The number of nitrogens with one attached hydrogen (secondary N) is 1. The number of ether oxygens (including phenoxy) is 1. The highest BCUT2D eigenvalue weighted by molar-refractivity contribution is 9.10. The monoisotopic (exact) mass is 677 g/mol. The number of benzene rings is 4. The number of likely N-dealkylation sites (N-methyl/N-ethyl adjacent to an activating group) is 1. The molecule has 0 spiro atoms. The van der Waals surface area contributed by atoms with Crippen LogP contribution in [-0.2, 0) is 32.6 Å². The Morgan fingerprint density at radius 3 is 2.11 bits per heavy atom. The van der Waals surface area contributed by atoms with Crippen molar-refractivity contribution < 1.29 is 22.7 Å². The van der Waals surface area contributed by atoms with Crippen molar-refractivity contribution >= 4 is 43.5 Å². The van der Waals surface area contributed by atoms with Crippen molar-refractivity contribution in [1.29, 1.82) is 0 Å². The van der Waals surface area contributed by atoms with Crippen molar-refractivity contribution in [1.82, 2.24) is 10.2 Å². The first-order chi connectivity index (χ1) is 21.0. The van der Waals surface area contributed by atoms with Gasteiger partial charge in [-0.2, -0.15) is 0 Å². The number of carbonyl (C=O) groups is 2. The van der Waals surface area contributed by atoms with Crippen LogP contribution in [0, 0.1) is 13.8 Å². The maximum Gasteiger partial charge on any atom is 0.264 e. The summed E-state index contributed by atoms with van der Waals surface area (Å²) in [5, 5.41) is 2.70. The number of sulfonamides is 1. The van der Waals surface area contributed by atoms with Crippen LogP contribution in [0.5, 0.6) is 5.75 Å². The van der Waals surface area contributed by atoms with Gasteiger partial charge in [-0.3, -0.25) is 13.9 Å². The van der Waals surface area contributed by atoms with Crippen LogP contribution in [-0.4, -0.2) is 51.9 Å². The lowest BCUT2D eigenvalue weighted by Crippen LogP contribution is -2.53. The third-order valence-electron chi connectivity index (χ3n) is 7.27. The molecule has 1 atom stereocenters. The van der Waals surface area contributed by atoms with Crippen LogP contribution in [0.25, 0.3) is 0 Å². The molecule has 8 nitrogen and oxygen atoms in total. The SMILES string of the molecule is CNC(=O)[C@H](Cc1ccccc1)N(Cc1ccc(Br)cc1)C(=O)CN(c1cc(C)ccc1OC)S(=O)(=O)c1ccc(C)cc1. The normalized spacial score (nSPS) is 11.8. The van der Waals surface area contributed by atoms with Crippen molar-refractivity contribution in [2.24, 2.45) is 0 Å². The van der Waals surface area contributed by atoms with Gasteiger partial charge in [0.2, 0.25) is 11.8 Å². The van der Waals surface area contributed by atoms with E-state index in [1.165, 1.54) is 31.2 Å². The molecule has 0 saturated heterocycles. The zero-order valence-electron chi connectivity index (χ0n) is 25.2. The van der Waals surface area contributed by atoms with E-state index in [0.717, 1.165) is 31.0 Å². The van der Waals surface area contributed by atoms with Gasteiger partial charge in [-0.25, -0.2) is 8.42 Å². The van der Waals surface area contributed by atoms with Crippen LogP contribution in [0.2, 0.25) is 0 Å². The molecule has 0 aromatic heterocycles. The largest absolute Gasteiger partial charge is 0.495 e. The average molecular weight is 679 g/mol. The Kier molecular flexibility index (Phi) is 10.8. The molecule has 1 N–H and O–H groups in total. The minimum atomic E-state index is -4.24. The number of nitrogens with zero attached hydrogens (tertiary/aromatic N) is 2. The fourth-order valence-corrected chi connectivity index (χ4v) is 6.53. The van der Waals surface area contributed by atoms with E-state index in [1.54, 1.807) is 24.3 Å². The van der Waals surface area contributed by atoms with Crippen LogP contribution >= 0.6 is 15.9 Å². The van der Waals surface area contributed by atoms with Crippen molar-refractivity contribution in [3.63, 3.8) is 0 Å². The quantitative estimate of drug-likeness (QED) is 0.209. The second-order valence-electron chi connectivity index (χ2n) is 10.5. The molecule has 10 heteroatoms. The van der Waals surface area contributed by atoms with Gasteiger partial charge in [-0.15, -0.1) is 0 Å². The first-order valence-electron chi connectivity index (χ1n) is 14.1. The van der Waals surface area contributed by atoms with Crippen molar-refractivity contribution in [2.75, 3.05) is 25.0 Å². The van der Waals surface area contributed by atoms with Crippen molar-refractivity contribution in [3.8, 4) is 5.75 Å². The van der Waals surface area contributed by atoms with Gasteiger partial charge in [0.1, 0.15) is 18.3 Å². The van der Waals surface area contributed by atoms with Gasteiger partial charge in [-0.05, 0) is 66.9 Å². The van der Waals surface area contributed by atoms with E-state index in [-0.39, 0.29) is 29.5 Å². The summed E-state index contributed by atoms with van der Waals surface area (Å²) in [5.74, 6) is -0.609. The standard InChI is InChI=1S/C34H36BrN3O5S/c1-24-10-17-29(18-11-24)44(41,42)38(30-20-25(2)12-19-32(30)43-4)23-33(39)37(22-27-13-15-28(35)16-14-27)31(34(40)36-3)21-26-8-6-5-7-9-26/h5-20,31H,21-23H2,1-4H3,(H,36,40)/t31-/m0/s1. The number of rotatable bonds is 12. The summed E-state index contributed by atoms with van der Waals surface area (Å²) in [6.45, 7) is 3.23. The number of aryl methyl sites for hydroxylation is 2. The molecule has 0 aliphatic rings. The Bertz CT molecular complexity index is 1700. The highest BCUT2D eigenvalue weighted by atomic mass is 79.9. The summed E-state index contributed by atoms with van der Waals surface area (Å²) in [7, 11) is -1.26.